The molecule has 1 aliphatic rings. The Hall–Kier alpha value is -0.820. The molecule has 0 aliphatic carbocycles. The Morgan fingerprint density at radius 3 is 2.69 bits per heavy atom. The van der Waals surface area contributed by atoms with E-state index in [1.165, 1.54) is 44.3 Å². The molecule has 0 spiro atoms. The maximum atomic E-state index is 3.89. The van der Waals surface area contributed by atoms with Crippen LogP contribution in [0.1, 0.15) is 36.8 Å². The van der Waals surface area contributed by atoms with E-state index in [2.05, 4.69) is 36.1 Å². The summed E-state index contributed by atoms with van der Waals surface area (Å²) in [6, 6.07) is 8.86. The lowest BCUT2D eigenvalue weighted by atomic mass is 10.00. The van der Waals surface area contributed by atoms with Crippen molar-refractivity contribution >= 4 is 0 Å². The molecule has 2 rings (SSSR count). The number of benzene rings is 1. The van der Waals surface area contributed by atoms with Crippen LogP contribution in [0.15, 0.2) is 24.3 Å². The normalized spacial score (nSPS) is 16.1. The van der Waals surface area contributed by atoms with E-state index in [1.807, 2.05) is 0 Å². The lowest BCUT2D eigenvalue weighted by Gasteiger charge is -2.28. The van der Waals surface area contributed by atoms with E-state index in [1.54, 1.807) is 5.56 Å². The molecule has 0 amide bonds. The van der Waals surface area contributed by atoms with Crippen molar-refractivity contribution in [1.82, 2.24) is 4.90 Å². The Labute approximate surface area is 99.5 Å². The molecule has 0 saturated carbocycles. The molecule has 0 aromatic heterocycles. The Morgan fingerprint density at radius 2 is 1.88 bits per heavy atom. The van der Waals surface area contributed by atoms with Crippen molar-refractivity contribution in [3.63, 3.8) is 0 Å². The van der Waals surface area contributed by atoms with E-state index in [9.17, 15) is 0 Å². The number of fused-ring (bicyclic) bond motifs is 1. The maximum Gasteiger partial charge on any atom is 0.0236 e. The summed E-state index contributed by atoms with van der Waals surface area (Å²) in [5.74, 6) is 0. The molecule has 87 valence electrons. The van der Waals surface area contributed by atoms with Gasteiger partial charge in [-0.2, -0.15) is 0 Å². The van der Waals surface area contributed by atoms with Crippen molar-refractivity contribution in [2.45, 2.75) is 38.6 Å². The maximum absolute atomic E-state index is 3.89. The first-order valence-corrected chi connectivity index (χ1v) is 6.48. The minimum absolute atomic E-state index is 1.09. The van der Waals surface area contributed by atoms with Gasteiger partial charge in [-0.3, -0.25) is 4.90 Å². The molecular formula is C15H22N. The van der Waals surface area contributed by atoms with E-state index in [0.29, 0.717) is 0 Å². The molecule has 0 N–H and O–H groups in total. The summed E-state index contributed by atoms with van der Waals surface area (Å²) in [6.45, 7) is 7.54. The zero-order valence-corrected chi connectivity index (χ0v) is 10.1. The molecule has 1 nitrogen and oxygen atoms in total. The van der Waals surface area contributed by atoms with Gasteiger partial charge in [0.05, 0.1) is 0 Å². The van der Waals surface area contributed by atoms with Crippen LogP contribution in [0.3, 0.4) is 0 Å². The van der Waals surface area contributed by atoms with Gasteiger partial charge < -0.3 is 0 Å². The average molecular weight is 216 g/mol. The van der Waals surface area contributed by atoms with Crippen LogP contribution in [0, 0.1) is 6.92 Å². The van der Waals surface area contributed by atoms with Gasteiger partial charge in [0.1, 0.15) is 0 Å². The molecule has 1 aliphatic heterocycles. The van der Waals surface area contributed by atoms with Gasteiger partial charge in [0.2, 0.25) is 0 Å². The Kier molecular flexibility index (Phi) is 4.41. The van der Waals surface area contributed by atoms with Crippen LogP contribution in [0.5, 0.6) is 0 Å². The van der Waals surface area contributed by atoms with Gasteiger partial charge in [-0.25, -0.2) is 0 Å². The highest BCUT2D eigenvalue weighted by Crippen LogP contribution is 2.18. The van der Waals surface area contributed by atoms with E-state index in [4.69, 9.17) is 0 Å². The number of rotatable bonds is 5. The van der Waals surface area contributed by atoms with Crippen LogP contribution in [0.4, 0.5) is 0 Å². The van der Waals surface area contributed by atoms with Crippen molar-refractivity contribution in [2.24, 2.45) is 0 Å². The summed E-state index contributed by atoms with van der Waals surface area (Å²) in [7, 11) is 0. The van der Waals surface area contributed by atoms with E-state index in [-0.39, 0.29) is 0 Å². The first-order valence-electron chi connectivity index (χ1n) is 6.48. The number of nitrogens with zero attached hydrogens (tertiary/aromatic N) is 1. The summed E-state index contributed by atoms with van der Waals surface area (Å²) in [5.41, 5.74) is 3.09. The zero-order chi connectivity index (χ0) is 11.2. The van der Waals surface area contributed by atoms with E-state index < -0.39 is 0 Å². The summed E-state index contributed by atoms with van der Waals surface area (Å²) in [5, 5.41) is 0. The van der Waals surface area contributed by atoms with Crippen molar-refractivity contribution in [1.29, 1.82) is 0 Å². The predicted molar refractivity (Wildman–Crippen MR) is 69.2 cm³/mol. The third-order valence-electron chi connectivity index (χ3n) is 3.43. The average Bonchev–Trinajstić information content (AvgIpc) is 2.34. The minimum atomic E-state index is 1.09. The van der Waals surface area contributed by atoms with Crippen LogP contribution >= 0.6 is 0 Å². The highest BCUT2D eigenvalue weighted by atomic mass is 15.1. The molecule has 0 atom stereocenters. The van der Waals surface area contributed by atoms with Gasteiger partial charge in [0, 0.05) is 13.1 Å². The molecule has 1 radical (unpaired) electrons. The van der Waals surface area contributed by atoms with Gasteiger partial charge in [-0.1, -0.05) is 50.5 Å². The van der Waals surface area contributed by atoms with Crippen LogP contribution in [-0.2, 0) is 13.0 Å². The fourth-order valence-electron chi connectivity index (χ4n) is 2.43. The van der Waals surface area contributed by atoms with Gasteiger partial charge in [0.25, 0.3) is 0 Å². The quantitative estimate of drug-likeness (QED) is 0.681. The van der Waals surface area contributed by atoms with Crippen LogP contribution in [0.25, 0.3) is 0 Å². The van der Waals surface area contributed by atoms with Gasteiger partial charge in [-0.15, -0.1) is 0 Å². The fraction of sp³-hybridized carbons (Fsp3) is 0.533. The SMILES string of the molecule is [CH2]CCCCCN1CCc2ccccc2C1. The van der Waals surface area contributed by atoms with Crippen LogP contribution < -0.4 is 0 Å². The Bertz CT molecular complexity index is 319. The highest BCUT2D eigenvalue weighted by molar-refractivity contribution is 5.28. The summed E-state index contributed by atoms with van der Waals surface area (Å²) in [6.07, 6.45) is 6.26. The molecule has 1 heteroatoms. The molecule has 1 aromatic carbocycles. The second-order valence-corrected chi connectivity index (χ2v) is 4.71. The van der Waals surface area contributed by atoms with Crippen LogP contribution in [0.2, 0.25) is 0 Å². The zero-order valence-electron chi connectivity index (χ0n) is 10.1. The molecule has 0 saturated heterocycles. The largest absolute Gasteiger partial charge is 0.299 e. The van der Waals surface area contributed by atoms with Crippen LogP contribution in [-0.4, -0.2) is 18.0 Å². The highest BCUT2D eigenvalue weighted by Gasteiger charge is 2.14. The lowest BCUT2D eigenvalue weighted by Crippen LogP contribution is -2.31. The molecule has 0 bridgehead atoms. The predicted octanol–water partition coefficient (Wildman–Crippen LogP) is 3.44. The van der Waals surface area contributed by atoms with Crippen molar-refractivity contribution in [2.75, 3.05) is 13.1 Å². The molecule has 0 fully saturated rings. The van der Waals surface area contributed by atoms with Gasteiger partial charge >= 0.3 is 0 Å². The monoisotopic (exact) mass is 216 g/mol. The van der Waals surface area contributed by atoms with Crippen molar-refractivity contribution < 1.29 is 0 Å². The number of unbranched alkanes of at least 4 members (excludes halogenated alkanes) is 3. The van der Waals surface area contributed by atoms with E-state index >= 15 is 0 Å². The van der Waals surface area contributed by atoms with Crippen molar-refractivity contribution in [3.05, 3.63) is 42.3 Å². The molecular weight excluding hydrogens is 194 g/mol. The smallest absolute Gasteiger partial charge is 0.0236 e. The number of hydrogen-bond acceptors (Lipinski definition) is 1. The summed E-state index contributed by atoms with van der Waals surface area (Å²) in [4.78, 5) is 2.59. The third kappa shape index (κ3) is 3.08. The second kappa shape index (κ2) is 6.05. The first-order chi connectivity index (χ1) is 7.90. The second-order valence-electron chi connectivity index (χ2n) is 4.71. The third-order valence-corrected chi connectivity index (χ3v) is 3.43. The van der Waals surface area contributed by atoms with E-state index in [0.717, 1.165) is 13.0 Å². The van der Waals surface area contributed by atoms with Gasteiger partial charge in [-0.05, 0) is 30.5 Å². The lowest BCUT2D eigenvalue weighted by molar-refractivity contribution is 0.248. The molecule has 1 aromatic rings. The first kappa shape index (κ1) is 11.7. The summed E-state index contributed by atoms with van der Waals surface area (Å²) >= 11 is 0. The Balaban J connectivity index is 1.79. The van der Waals surface area contributed by atoms with Crippen molar-refractivity contribution in [3.8, 4) is 0 Å². The fourth-order valence-corrected chi connectivity index (χ4v) is 2.43. The standard InChI is InChI=1S/C15H22N/c1-2-3-4-7-11-16-12-10-14-8-5-6-9-15(14)13-16/h5-6,8-9H,1-4,7,10-13H2. The summed E-state index contributed by atoms with van der Waals surface area (Å²) < 4.78 is 0. The number of hydrogen-bond donors (Lipinski definition) is 0. The molecule has 16 heavy (non-hydrogen) atoms. The van der Waals surface area contributed by atoms with Gasteiger partial charge in [0.15, 0.2) is 0 Å². The Morgan fingerprint density at radius 1 is 1.06 bits per heavy atom. The minimum Gasteiger partial charge on any atom is -0.299 e. The molecule has 1 heterocycles. The molecule has 0 unspecified atom stereocenters. The topological polar surface area (TPSA) is 3.24 Å².